The highest BCUT2D eigenvalue weighted by atomic mass is 127. The highest BCUT2D eigenvalue weighted by Gasteiger charge is 2.23. The number of hydrogen-bond acceptors (Lipinski definition) is 1. The van der Waals surface area contributed by atoms with Gasteiger partial charge in [-0.3, -0.25) is 13.8 Å². The van der Waals surface area contributed by atoms with Crippen molar-refractivity contribution >= 4 is 78.9 Å². The number of nitrogens with zero attached hydrogens (tertiary/aromatic N) is 2. The summed E-state index contributed by atoms with van der Waals surface area (Å²) in [5.74, 6) is 0.552. The van der Waals surface area contributed by atoms with Crippen LogP contribution in [0.1, 0.15) is 5.56 Å². The molecular formula is C45H33IN4. The Morgan fingerprint density at radius 3 is 1.72 bits per heavy atom. The van der Waals surface area contributed by atoms with Gasteiger partial charge in [0.15, 0.2) is 0 Å². The zero-order chi connectivity index (χ0) is 34.0. The van der Waals surface area contributed by atoms with E-state index in [1.54, 1.807) is 0 Å². The van der Waals surface area contributed by atoms with E-state index in [0.717, 1.165) is 23.1 Å². The summed E-state index contributed by atoms with van der Waals surface area (Å²) in [5, 5.41) is 15.0. The second kappa shape index (κ2) is 13.6. The average molecular weight is 757 g/mol. The van der Waals surface area contributed by atoms with Gasteiger partial charge in [0.25, 0.3) is 0 Å². The third kappa shape index (κ3) is 5.59. The molecule has 240 valence electrons. The van der Waals surface area contributed by atoms with Gasteiger partial charge >= 0.3 is 0 Å². The van der Waals surface area contributed by atoms with Crippen LogP contribution < -0.4 is 8.43 Å². The molecule has 50 heavy (non-hydrogen) atoms. The first kappa shape index (κ1) is 31.5. The van der Waals surface area contributed by atoms with E-state index >= 15 is 0 Å². The molecule has 0 aliphatic carbocycles. The van der Waals surface area contributed by atoms with Gasteiger partial charge in [0.2, 0.25) is 5.96 Å². The summed E-state index contributed by atoms with van der Waals surface area (Å²) in [7, 11) is 0. The average Bonchev–Trinajstić information content (AvgIpc) is 3.18. The van der Waals surface area contributed by atoms with Crippen molar-refractivity contribution in [2.75, 3.05) is 4.90 Å². The number of nitrogens with one attached hydrogen (secondary N) is 2. The van der Waals surface area contributed by atoms with E-state index in [0.29, 0.717) is 5.96 Å². The van der Waals surface area contributed by atoms with Crippen molar-refractivity contribution in [2.24, 2.45) is 4.99 Å². The van der Waals surface area contributed by atoms with Gasteiger partial charge in [0.1, 0.15) is 6.34 Å². The van der Waals surface area contributed by atoms with Crippen molar-refractivity contribution < 1.29 is 0 Å². The molecule has 0 aliphatic rings. The van der Waals surface area contributed by atoms with Crippen LogP contribution >= 0.6 is 22.9 Å². The fourth-order valence-corrected chi connectivity index (χ4v) is 7.53. The van der Waals surface area contributed by atoms with Crippen LogP contribution in [-0.4, -0.2) is 12.3 Å². The number of anilines is 2. The Kier molecular flexibility index (Phi) is 8.57. The summed E-state index contributed by atoms with van der Waals surface area (Å²) in [5.41, 5.74) is 10.2. The zero-order valence-corrected chi connectivity index (χ0v) is 29.6. The molecule has 0 radical (unpaired) electrons. The van der Waals surface area contributed by atoms with Crippen molar-refractivity contribution in [3.05, 3.63) is 169 Å². The summed E-state index contributed by atoms with van der Waals surface area (Å²) in [6.07, 6.45) is 1.08. The summed E-state index contributed by atoms with van der Waals surface area (Å²) < 4.78 is 3.21. The monoisotopic (exact) mass is 756 g/mol. The number of guanidine groups is 1. The molecule has 0 aliphatic heterocycles. The SMILES string of the molecule is Cc1ccc(N(C(=NC=N)NI)c2ccc3c(c2)c2ccccc2c2c(-c4ccccc4)cc(-c4ccccc4)c(-c4ccccc4)c32)cc1. The van der Waals surface area contributed by atoms with E-state index in [1.165, 1.54) is 65.9 Å². The Labute approximate surface area is 305 Å². The van der Waals surface area contributed by atoms with Gasteiger partial charge in [-0.2, -0.15) is 0 Å². The number of halogens is 1. The Morgan fingerprint density at radius 2 is 1.10 bits per heavy atom. The number of fused-ring (bicyclic) bond motifs is 6. The lowest BCUT2D eigenvalue weighted by molar-refractivity contribution is 1.27. The van der Waals surface area contributed by atoms with Crippen LogP contribution in [0.3, 0.4) is 0 Å². The van der Waals surface area contributed by atoms with Gasteiger partial charge in [-0.1, -0.05) is 139 Å². The topological polar surface area (TPSA) is 51.5 Å². The Bertz CT molecular complexity index is 2530. The summed E-state index contributed by atoms with van der Waals surface area (Å²) >= 11 is 2.10. The lowest BCUT2D eigenvalue weighted by Crippen LogP contribution is -2.33. The molecule has 2 N–H and O–H groups in total. The quantitative estimate of drug-likeness (QED) is 0.0584. The van der Waals surface area contributed by atoms with Gasteiger partial charge in [0.05, 0.1) is 22.9 Å². The molecule has 0 spiro atoms. The first-order valence-electron chi connectivity index (χ1n) is 16.6. The number of rotatable bonds is 6. The summed E-state index contributed by atoms with van der Waals surface area (Å²) in [6.45, 7) is 2.09. The largest absolute Gasteiger partial charge is 0.298 e. The van der Waals surface area contributed by atoms with E-state index in [-0.39, 0.29) is 0 Å². The van der Waals surface area contributed by atoms with Crippen LogP contribution in [0.25, 0.3) is 65.7 Å². The number of aliphatic imine (C=N–C) groups is 1. The molecule has 8 aromatic rings. The van der Waals surface area contributed by atoms with E-state index in [9.17, 15) is 0 Å². The highest BCUT2D eigenvalue weighted by Crippen LogP contribution is 2.49. The minimum Gasteiger partial charge on any atom is -0.298 e. The fraction of sp³-hybridized carbons (Fsp3) is 0.0222. The fourth-order valence-electron chi connectivity index (χ4n) is 7.15. The molecule has 0 atom stereocenters. The van der Waals surface area contributed by atoms with Crippen LogP contribution in [0.5, 0.6) is 0 Å². The molecule has 8 rings (SSSR count). The Balaban J connectivity index is 1.56. The minimum absolute atomic E-state index is 0.552. The minimum atomic E-state index is 0.552. The molecule has 0 fully saturated rings. The number of benzene rings is 8. The van der Waals surface area contributed by atoms with Crippen LogP contribution in [-0.2, 0) is 0 Å². The van der Waals surface area contributed by atoms with Crippen LogP contribution in [0.4, 0.5) is 11.4 Å². The van der Waals surface area contributed by atoms with Crippen LogP contribution in [0, 0.1) is 12.3 Å². The smallest absolute Gasteiger partial charge is 0.218 e. The molecule has 0 aromatic heterocycles. The number of hydrogen-bond donors (Lipinski definition) is 2. The van der Waals surface area contributed by atoms with Gasteiger partial charge in [0, 0.05) is 11.4 Å². The first-order chi connectivity index (χ1) is 24.7. The predicted molar refractivity (Wildman–Crippen MR) is 222 cm³/mol. The van der Waals surface area contributed by atoms with Gasteiger partial charge in [-0.25, -0.2) is 4.99 Å². The zero-order valence-electron chi connectivity index (χ0n) is 27.4. The van der Waals surface area contributed by atoms with Gasteiger partial charge in [-0.05, 0) is 103 Å². The van der Waals surface area contributed by atoms with Crippen molar-refractivity contribution in [3.8, 4) is 33.4 Å². The molecule has 8 aromatic carbocycles. The van der Waals surface area contributed by atoms with Crippen molar-refractivity contribution in [1.29, 1.82) is 5.41 Å². The van der Waals surface area contributed by atoms with Crippen molar-refractivity contribution in [3.63, 3.8) is 0 Å². The predicted octanol–water partition coefficient (Wildman–Crippen LogP) is 12.5. The molecule has 4 nitrogen and oxygen atoms in total. The van der Waals surface area contributed by atoms with E-state index in [1.807, 2.05) is 0 Å². The molecule has 0 bridgehead atoms. The maximum Gasteiger partial charge on any atom is 0.218 e. The lowest BCUT2D eigenvalue weighted by Gasteiger charge is -2.26. The number of aryl methyl sites for hydroxylation is 1. The Hall–Kier alpha value is -5.79. The van der Waals surface area contributed by atoms with Gasteiger partial charge < -0.3 is 0 Å². The maximum atomic E-state index is 7.82. The summed E-state index contributed by atoms with van der Waals surface area (Å²) in [6, 6.07) is 58.6. The standard InChI is InChI=1S/C45H33IN4/c1-30-21-23-34(24-22-30)50(45(49-46)48-29-47)35-25-26-38-41(27-35)36-19-11-12-20-37(36)43-40(32-15-7-3-8-16-32)28-39(31-13-5-2-6-14-31)42(44(38)43)33-17-9-4-10-18-33/h2-29H,1H3,(H2,47,48,49). The van der Waals surface area contributed by atoms with E-state index in [2.05, 4.69) is 207 Å². The second-order valence-electron chi connectivity index (χ2n) is 12.3. The van der Waals surface area contributed by atoms with Gasteiger partial charge in [-0.15, -0.1) is 0 Å². The molecule has 0 amide bonds. The second-order valence-corrected chi connectivity index (χ2v) is 12.9. The molecule has 5 heteroatoms. The Morgan fingerprint density at radius 1 is 0.560 bits per heavy atom. The van der Waals surface area contributed by atoms with E-state index < -0.39 is 0 Å². The highest BCUT2D eigenvalue weighted by molar-refractivity contribution is 14.1. The third-order valence-corrected chi connectivity index (χ3v) is 9.83. The molecule has 0 heterocycles. The normalized spacial score (nSPS) is 11.6. The third-order valence-electron chi connectivity index (χ3n) is 9.35. The first-order valence-corrected chi connectivity index (χ1v) is 17.7. The molecule has 0 saturated carbocycles. The maximum absolute atomic E-state index is 7.82. The van der Waals surface area contributed by atoms with Crippen molar-refractivity contribution in [1.82, 2.24) is 3.53 Å². The molecular weight excluding hydrogens is 723 g/mol. The van der Waals surface area contributed by atoms with E-state index in [4.69, 9.17) is 5.41 Å². The van der Waals surface area contributed by atoms with Crippen molar-refractivity contribution in [2.45, 2.75) is 6.92 Å². The summed E-state index contributed by atoms with van der Waals surface area (Å²) in [4.78, 5) is 6.49. The molecule has 0 unspecified atom stereocenters. The van der Waals surface area contributed by atoms with Crippen LogP contribution in [0.15, 0.2) is 169 Å². The lowest BCUT2D eigenvalue weighted by atomic mass is 9.81. The molecule has 0 saturated heterocycles. The van der Waals surface area contributed by atoms with Crippen LogP contribution in [0.2, 0.25) is 0 Å².